The first-order valence-corrected chi connectivity index (χ1v) is 5.61. The van der Waals surface area contributed by atoms with Crippen LogP contribution in [0.4, 0.5) is 0 Å². The highest BCUT2D eigenvalue weighted by Gasteiger charge is 2.23. The highest BCUT2D eigenvalue weighted by atomic mass is 16.6. The molecule has 0 amide bonds. The van der Waals surface area contributed by atoms with Crippen molar-refractivity contribution in [1.29, 1.82) is 0 Å². The minimum atomic E-state index is -0.513. The Morgan fingerprint density at radius 3 is 3.39 bits per heavy atom. The third-order valence-electron chi connectivity index (χ3n) is 2.71. The van der Waals surface area contributed by atoms with Gasteiger partial charge in [0.05, 0.1) is 23.6 Å². The second-order valence-corrected chi connectivity index (χ2v) is 3.83. The molecule has 1 aliphatic heterocycles. The molecule has 0 aliphatic carbocycles. The maximum Gasteiger partial charge on any atom is 0.274 e. The summed E-state index contributed by atoms with van der Waals surface area (Å²) < 4.78 is 5.59. The van der Waals surface area contributed by atoms with Crippen molar-refractivity contribution >= 4 is 0 Å². The number of nitrogens with zero attached hydrogens (tertiary/aromatic N) is 2. The first kappa shape index (κ1) is 12.4. The predicted molar refractivity (Wildman–Crippen MR) is 63.1 cm³/mol. The number of aromatic nitrogens is 2. The van der Waals surface area contributed by atoms with Crippen molar-refractivity contribution in [2.24, 2.45) is 0 Å². The number of H-pyrrole nitrogens is 1. The number of fused-ring (bicyclic) bond motifs is 1. The number of hydrogen-bond donors (Lipinski definition) is 3. The van der Waals surface area contributed by atoms with Crippen molar-refractivity contribution in [3.8, 4) is 0 Å². The zero-order chi connectivity index (χ0) is 13.0. The summed E-state index contributed by atoms with van der Waals surface area (Å²) in [6.45, 7) is 1.05. The average Bonchev–Trinajstić information content (AvgIpc) is 2.82. The Kier molecular flexibility index (Phi) is 3.78. The van der Waals surface area contributed by atoms with Crippen molar-refractivity contribution in [2.75, 3.05) is 20.2 Å². The number of ether oxygens (including phenoxy) is 1. The van der Waals surface area contributed by atoms with E-state index in [4.69, 9.17) is 4.74 Å². The molecule has 0 spiro atoms. The van der Waals surface area contributed by atoms with Gasteiger partial charge in [0.2, 0.25) is 0 Å². The van der Waals surface area contributed by atoms with Gasteiger partial charge < -0.3 is 20.4 Å². The van der Waals surface area contributed by atoms with E-state index in [0.717, 1.165) is 24.0 Å². The predicted octanol–water partition coefficient (Wildman–Crippen LogP) is -0.0919. The fourth-order valence-electron chi connectivity index (χ4n) is 1.85. The second kappa shape index (κ2) is 5.50. The van der Waals surface area contributed by atoms with Gasteiger partial charge in [-0.1, -0.05) is 0 Å². The molecule has 0 fully saturated rings. The maximum atomic E-state index is 10.4. The molecule has 1 unspecified atom stereocenters. The summed E-state index contributed by atoms with van der Waals surface area (Å²) >= 11 is 0. The third kappa shape index (κ3) is 2.77. The summed E-state index contributed by atoms with van der Waals surface area (Å²) in [7, 11) is 1.62. The van der Waals surface area contributed by atoms with Crippen LogP contribution in [0.2, 0.25) is 0 Å². The third-order valence-corrected chi connectivity index (χ3v) is 2.71. The SMILES string of the molecule is CN/C(=C/[N+](=O)[O-])NCC1OCCc2[nH]cnc21. The molecule has 18 heavy (non-hydrogen) atoms. The van der Waals surface area contributed by atoms with Crippen LogP contribution in [0, 0.1) is 10.1 Å². The lowest BCUT2D eigenvalue weighted by Crippen LogP contribution is -2.31. The van der Waals surface area contributed by atoms with Crippen LogP contribution in [-0.4, -0.2) is 35.1 Å². The zero-order valence-electron chi connectivity index (χ0n) is 9.97. The highest BCUT2D eigenvalue weighted by Crippen LogP contribution is 2.23. The van der Waals surface area contributed by atoms with E-state index in [9.17, 15) is 10.1 Å². The Hall–Kier alpha value is -2.09. The molecule has 98 valence electrons. The molecule has 1 aromatic heterocycles. The van der Waals surface area contributed by atoms with E-state index in [1.807, 2.05) is 0 Å². The molecule has 0 bridgehead atoms. The number of aromatic amines is 1. The Morgan fingerprint density at radius 1 is 1.83 bits per heavy atom. The van der Waals surface area contributed by atoms with Crippen LogP contribution in [0.3, 0.4) is 0 Å². The molecule has 0 saturated carbocycles. The summed E-state index contributed by atoms with van der Waals surface area (Å²) in [5.41, 5.74) is 1.93. The van der Waals surface area contributed by atoms with Crippen LogP contribution < -0.4 is 10.6 Å². The van der Waals surface area contributed by atoms with Gasteiger partial charge in [0.25, 0.3) is 6.20 Å². The lowest BCUT2D eigenvalue weighted by Gasteiger charge is -2.22. The van der Waals surface area contributed by atoms with Gasteiger partial charge in [-0.3, -0.25) is 10.1 Å². The smallest absolute Gasteiger partial charge is 0.274 e. The number of imidazole rings is 1. The molecule has 1 aromatic rings. The van der Waals surface area contributed by atoms with E-state index >= 15 is 0 Å². The van der Waals surface area contributed by atoms with Crippen LogP contribution in [0.15, 0.2) is 18.3 Å². The van der Waals surface area contributed by atoms with Crippen molar-refractivity contribution in [1.82, 2.24) is 20.6 Å². The first-order chi connectivity index (χ1) is 8.70. The number of rotatable bonds is 5. The number of nitro groups is 1. The molecule has 0 aromatic carbocycles. The molecule has 8 heteroatoms. The van der Waals surface area contributed by atoms with E-state index in [0.29, 0.717) is 19.0 Å². The molecule has 3 N–H and O–H groups in total. The Bertz CT molecular complexity index is 456. The second-order valence-electron chi connectivity index (χ2n) is 3.83. The fraction of sp³-hybridized carbons (Fsp3) is 0.500. The number of nitrogens with one attached hydrogen (secondary N) is 3. The van der Waals surface area contributed by atoms with Crippen molar-refractivity contribution in [2.45, 2.75) is 12.5 Å². The largest absolute Gasteiger partial charge is 0.370 e. The van der Waals surface area contributed by atoms with Crippen LogP contribution >= 0.6 is 0 Å². The fourth-order valence-corrected chi connectivity index (χ4v) is 1.85. The van der Waals surface area contributed by atoms with Gasteiger partial charge in [0.15, 0.2) is 5.82 Å². The van der Waals surface area contributed by atoms with Crippen molar-refractivity contribution in [3.05, 3.63) is 39.9 Å². The van der Waals surface area contributed by atoms with E-state index in [1.54, 1.807) is 13.4 Å². The quantitative estimate of drug-likeness (QED) is 0.500. The minimum absolute atomic E-state index is 0.191. The molecule has 8 nitrogen and oxygen atoms in total. The normalized spacial score (nSPS) is 19.2. The molecule has 2 heterocycles. The van der Waals surface area contributed by atoms with E-state index < -0.39 is 4.92 Å². The van der Waals surface area contributed by atoms with E-state index in [1.165, 1.54) is 0 Å². The zero-order valence-corrected chi connectivity index (χ0v) is 9.97. The molecule has 0 saturated heterocycles. The maximum absolute atomic E-state index is 10.4. The summed E-state index contributed by atoms with van der Waals surface area (Å²) in [5, 5.41) is 16.0. The lowest BCUT2D eigenvalue weighted by molar-refractivity contribution is -0.404. The Morgan fingerprint density at radius 2 is 2.67 bits per heavy atom. The van der Waals surface area contributed by atoms with Crippen LogP contribution in [0.25, 0.3) is 0 Å². The van der Waals surface area contributed by atoms with Crippen LogP contribution in [0.1, 0.15) is 17.5 Å². The minimum Gasteiger partial charge on any atom is -0.370 e. The highest BCUT2D eigenvalue weighted by molar-refractivity contribution is 5.17. The van der Waals surface area contributed by atoms with E-state index in [2.05, 4.69) is 20.6 Å². The van der Waals surface area contributed by atoms with Gasteiger partial charge in [-0.25, -0.2) is 4.98 Å². The van der Waals surface area contributed by atoms with Gasteiger partial charge in [-0.05, 0) is 0 Å². The average molecular weight is 253 g/mol. The summed E-state index contributed by atoms with van der Waals surface area (Å²) in [6.07, 6.45) is 3.14. The monoisotopic (exact) mass is 253 g/mol. The standard InChI is InChI=1S/C10H15N5O3/c1-11-9(5-15(16)17)12-4-8-10-7(2-3-18-8)13-6-14-10/h5-6,8,11-12H,2-4H2,1H3,(H,13,14)/b9-5-. The van der Waals surface area contributed by atoms with Gasteiger partial charge in [-0.2, -0.15) is 0 Å². The van der Waals surface area contributed by atoms with Gasteiger partial charge in [0, 0.05) is 25.7 Å². The van der Waals surface area contributed by atoms with Crippen molar-refractivity contribution < 1.29 is 9.66 Å². The summed E-state index contributed by atoms with van der Waals surface area (Å²) in [6, 6.07) is 0. The summed E-state index contributed by atoms with van der Waals surface area (Å²) in [4.78, 5) is 17.1. The molecular formula is C10H15N5O3. The molecule has 2 rings (SSSR count). The number of hydrogen-bond acceptors (Lipinski definition) is 6. The molecule has 1 atom stereocenters. The molecular weight excluding hydrogens is 238 g/mol. The molecule has 1 aliphatic rings. The Labute approximate surface area is 104 Å². The Balaban J connectivity index is 1.98. The summed E-state index contributed by atoms with van der Waals surface area (Å²) in [5.74, 6) is 0.339. The van der Waals surface area contributed by atoms with Gasteiger partial charge in [0.1, 0.15) is 6.10 Å². The van der Waals surface area contributed by atoms with Crippen LogP contribution in [0.5, 0.6) is 0 Å². The van der Waals surface area contributed by atoms with Gasteiger partial charge in [-0.15, -0.1) is 0 Å². The molecule has 0 radical (unpaired) electrons. The lowest BCUT2D eigenvalue weighted by atomic mass is 10.1. The first-order valence-electron chi connectivity index (χ1n) is 5.61. The van der Waals surface area contributed by atoms with Crippen molar-refractivity contribution in [3.63, 3.8) is 0 Å². The van der Waals surface area contributed by atoms with Gasteiger partial charge >= 0.3 is 0 Å². The topological polar surface area (TPSA) is 105 Å². The van der Waals surface area contributed by atoms with E-state index in [-0.39, 0.29) is 6.10 Å². The van der Waals surface area contributed by atoms with Crippen LogP contribution in [-0.2, 0) is 11.2 Å².